The summed E-state index contributed by atoms with van der Waals surface area (Å²) < 4.78 is 0. The predicted molar refractivity (Wildman–Crippen MR) is 94.9 cm³/mol. The maximum Gasteiger partial charge on any atom is 0.319 e. The number of carbonyl (C=O) groups is 1. The van der Waals surface area contributed by atoms with Crippen molar-refractivity contribution in [3.63, 3.8) is 0 Å². The molecule has 2 bridgehead atoms. The molecular weight excluding hydrogens is 322 g/mol. The SMILES string of the molecule is O=C(Nc1ccc(-c2nccs2)cc1)NC1C2CCC(C2)C1CO. The highest BCUT2D eigenvalue weighted by molar-refractivity contribution is 7.13. The van der Waals surface area contributed by atoms with E-state index in [9.17, 15) is 9.90 Å². The first-order chi connectivity index (χ1) is 11.7. The second-order valence-corrected chi connectivity index (χ2v) is 7.61. The number of benzene rings is 1. The summed E-state index contributed by atoms with van der Waals surface area (Å²) in [6, 6.07) is 7.61. The molecule has 1 heterocycles. The summed E-state index contributed by atoms with van der Waals surface area (Å²) >= 11 is 1.59. The van der Waals surface area contributed by atoms with E-state index in [0.29, 0.717) is 11.8 Å². The van der Waals surface area contributed by atoms with Crippen molar-refractivity contribution in [2.24, 2.45) is 17.8 Å². The number of aliphatic hydroxyl groups is 1. The highest BCUT2D eigenvalue weighted by atomic mass is 32.1. The molecule has 2 aliphatic carbocycles. The highest BCUT2D eigenvalue weighted by Gasteiger charge is 2.47. The van der Waals surface area contributed by atoms with E-state index in [1.807, 2.05) is 29.6 Å². The fourth-order valence-electron chi connectivity index (χ4n) is 4.28. The minimum atomic E-state index is -0.187. The van der Waals surface area contributed by atoms with Crippen LogP contribution in [0, 0.1) is 17.8 Å². The van der Waals surface area contributed by atoms with Crippen molar-refractivity contribution < 1.29 is 9.90 Å². The Balaban J connectivity index is 1.38. The molecule has 4 unspecified atom stereocenters. The van der Waals surface area contributed by atoms with Gasteiger partial charge in [-0.2, -0.15) is 0 Å². The normalized spacial score (nSPS) is 28.0. The molecule has 2 amide bonds. The van der Waals surface area contributed by atoms with Gasteiger partial charge in [0.1, 0.15) is 5.01 Å². The van der Waals surface area contributed by atoms with Crippen LogP contribution in [0.1, 0.15) is 19.3 Å². The lowest BCUT2D eigenvalue weighted by Crippen LogP contribution is -2.46. The zero-order valence-electron chi connectivity index (χ0n) is 13.3. The second-order valence-electron chi connectivity index (χ2n) is 6.72. The number of rotatable bonds is 4. The first-order valence-corrected chi connectivity index (χ1v) is 9.31. The van der Waals surface area contributed by atoms with Gasteiger partial charge in [0, 0.05) is 41.4 Å². The van der Waals surface area contributed by atoms with E-state index in [0.717, 1.165) is 29.1 Å². The number of urea groups is 1. The first kappa shape index (κ1) is 15.6. The Morgan fingerprint density at radius 1 is 1.25 bits per heavy atom. The van der Waals surface area contributed by atoms with Crippen molar-refractivity contribution in [1.29, 1.82) is 0 Å². The number of aromatic nitrogens is 1. The molecule has 4 atom stereocenters. The van der Waals surface area contributed by atoms with Crippen molar-refractivity contribution in [3.8, 4) is 10.6 Å². The molecule has 1 aromatic carbocycles. The van der Waals surface area contributed by atoms with Crippen LogP contribution < -0.4 is 10.6 Å². The van der Waals surface area contributed by atoms with Crippen molar-refractivity contribution in [1.82, 2.24) is 10.3 Å². The molecule has 4 rings (SSSR count). The van der Waals surface area contributed by atoms with Gasteiger partial charge >= 0.3 is 6.03 Å². The number of hydrogen-bond acceptors (Lipinski definition) is 4. The van der Waals surface area contributed by atoms with Crippen LogP contribution in [0.5, 0.6) is 0 Å². The Kier molecular flexibility index (Phi) is 4.24. The molecule has 0 saturated heterocycles. The Bertz CT molecular complexity index is 702. The van der Waals surface area contributed by atoms with Crippen molar-refractivity contribution in [2.45, 2.75) is 25.3 Å². The number of hydrogen-bond donors (Lipinski definition) is 3. The van der Waals surface area contributed by atoms with E-state index in [4.69, 9.17) is 0 Å². The molecule has 0 aliphatic heterocycles. The Hall–Kier alpha value is -1.92. The van der Waals surface area contributed by atoms with Crippen LogP contribution in [-0.2, 0) is 0 Å². The molecule has 2 saturated carbocycles. The van der Waals surface area contributed by atoms with E-state index < -0.39 is 0 Å². The van der Waals surface area contributed by atoms with Gasteiger partial charge in [-0.25, -0.2) is 9.78 Å². The van der Waals surface area contributed by atoms with Gasteiger partial charge in [-0.3, -0.25) is 0 Å². The molecule has 3 N–H and O–H groups in total. The van der Waals surface area contributed by atoms with Gasteiger partial charge in [-0.05, 0) is 55.4 Å². The molecule has 2 aromatic rings. The van der Waals surface area contributed by atoms with Crippen molar-refractivity contribution >= 4 is 23.1 Å². The largest absolute Gasteiger partial charge is 0.396 e. The standard InChI is InChI=1S/C18H21N3O2S/c22-10-15-12-1-2-13(9-12)16(15)21-18(23)20-14-5-3-11(4-6-14)17-19-7-8-24-17/h3-8,12-13,15-16,22H,1-2,9-10H2,(H2,20,21,23). The lowest BCUT2D eigenvalue weighted by Gasteiger charge is -2.30. The number of carbonyl (C=O) groups excluding carboxylic acids is 1. The highest BCUT2D eigenvalue weighted by Crippen LogP contribution is 2.48. The number of amides is 2. The van der Waals surface area contributed by atoms with E-state index >= 15 is 0 Å². The van der Waals surface area contributed by atoms with Gasteiger partial charge in [0.2, 0.25) is 0 Å². The third-order valence-corrected chi connectivity index (χ3v) is 6.24. The van der Waals surface area contributed by atoms with Crippen LogP contribution in [0.3, 0.4) is 0 Å². The smallest absolute Gasteiger partial charge is 0.319 e. The van der Waals surface area contributed by atoms with Gasteiger partial charge in [0.25, 0.3) is 0 Å². The average Bonchev–Trinajstić information content (AvgIpc) is 3.33. The number of thiazole rings is 1. The van der Waals surface area contributed by atoms with E-state index in [1.165, 1.54) is 6.42 Å². The fraction of sp³-hybridized carbons (Fsp3) is 0.444. The maximum absolute atomic E-state index is 12.3. The fourth-order valence-corrected chi connectivity index (χ4v) is 4.92. The van der Waals surface area contributed by atoms with Gasteiger partial charge in [0.15, 0.2) is 0 Å². The average molecular weight is 343 g/mol. The number of anilines is 1. The molecule has 6 heteroatoms. The van der Waals surface area contributed by atoms with E-state index in [2.05, 4.69) is 15.6 Å². The van der Waals surface area contributed by atoms with Gasteiger partial charge in [-0.15, -0.1) is 11.3 Å². The quantitative estimate of drug-likeness (QED) is 0.797. The summed E-state index contributed by atoms with van der Waals surface area (Å²) in [6.07, 6.45) is 5.27. The van der Waals surface area contributed by atoms with Crippen LogP contribution in [-0.4, -0.2) is 28.8 Å². The Morgan fingerprint density at radius 3 is 2.75 bits per heavy atom. The molecule has 24 heavy (non-hydrogen) atoms. The van der Waals surface area contributed by atoms with Crippen LogP contribution in [0.15, 0.2) is 35.8 Å². The Morgan fingerprint density at radius 2 is 2.04 bits per heavy atom. The summed E-state index contributed by atoms with van der Waals surface area (Å²) in [6.45, 7) is 0.161. The number of aliphatic hydroxyl groups excluding tert-OH is 1. The molecule has 126 valence electrons. The topological polar surface area (TPSA) is 74.2 Å². The van der Waals surface area contributed by atoms with Crippen LogP contribution in [0.25, 0.3) is 10.6 Å². The second kappa shape index (κ2) is 6.53. The maximum atomic E-state index is 12.3. The number of nitrogens with one attached hydrogen (secondary N) is 2. The van der Waals surface area contributed by atoms with Crippen LogP contribution in [0.2, 0.25) is 0 Å². The van der Waals surface area contributed by atoms with Crippen molar-refractivity contribution in [3.05, 3.63) is 35.8 Å². The minimum absolute atomic E-state index is 0.100. The monoisotopic (exact) mass is 343 g/mol. The zero-order valence-corrected chi connectivity index (χ0v) is 14.1. The molecule has 2 aliphatic rings. The predicted octanol–water partition coefficient (Wildman–Crippen LogP) is 3.34. The number of nitrogens with zero attached hydrogens (tertiary/aromatic N) is 1. The summed E-state index contributed by atoms with van der Waals surface area (Å²) in [5, 5.41) is 18.5. The first-order valence-electron chi connectivity index (χ1n) is 8.43. The third-order valence-electron chi connectivity index (χ3n) is 5.42. The van der Waals surface area contributed by atoms with E-state index in [1.54, 1.807) is 17.5 Å². The van der Waals surface area contributed by atoms with Crippen molar-refractivity contribution in [2.75, 3.05) is 11.9 Å². The lowest BCUT2D eigenvalue weighted by molar-refractivity contribution is 0.146. The lowest BCUT2D eigenvalue weighted by atomic mass is 9.85. The third kappa shape index (κ3) is 2.91. The summed E-state index contributed by atoms with van der Waals surface area (Å²) in [7, 11) is 0. The minimum Gasteiger partial charge on any atom is -0.396 e. The van der Waals surface area contributed by atoms with Crippen LogP contribution in [0.4, 0.5) is 10.5 Å². The molecule has 0 spiro atoms. The summed E-state index contributed by atoms with van der Waals surface area (Å²) in [5.74, 6) is 1.30. The summed E-state index contributed by atoms with van der Waals surface area (Å²) in [4.78, 5) is 16.6. The molecule has 2 fully saturated rings. The molecule has 5 nitrogen and oxygen atoms in total. The summed E-state index contributed by atoms with van der Waals surface area (Å²) in [5.41, 5.74) is 1.81. The molecule has 1 aromatic heterocycles. The van der Waals surface area contributed by atoms with Gasteiger partial charge in [-0.1, -0.05) is 0 Å². The van der Waals surface area contributed by atoms with Crippen LogP contribution >= 0.6 is 11.3 Å². The molecule has 0 radical (unpaired) electrons. The zero-order chi connectivity index (χ0) is 16.5. The van der Waals surface area contributed by atoms with E-state index in [-0.39, 0.29) is 24.6 Å². The van der Waals surface area contributed by atoms with Gasteiger partial charge < -0.3 is 15.7 Å². The van der Waals surface area contributed by atoms with Gasteiger partial charge in [0.05, 0.1) is 0 Å². The molecular formula is C18H21N3O2S. The Labute approximate surface area is 145 Å². The number of fused-ring (bicyclic) bond motifs is 2.